The van der Waals surface area contributed by atoms with Crippen LogP contribution in [0.3, 0.4) is 0 Å². The first-order chi connectivity index (χ1) is 10.2. The predicted molar refractivity (Wildman–Crippen MR) is 74.6 cm³/mol. The van der Waals surface area contributed by atoms with Gasteiger partial charge in [0.25, 0.3) is 0 Å². The van der Waals surface area contributed by atoms with Gasteiger partial charge < -0.3 is 10.0 Å². The van der Waals surface area contributed by atoms with Crippen LogP contribution in [0.1, 0.15) is 35.7 Å². The molecule has 0 bridgehead atoms. The van der Waals surface area contributed by atoms with Crippen LogP contribution < -0.4 is 0 Å². The zero-order valence-electron chi connectivity index (χ0n) is 12.2. The fourth-order valence-corrected chi connectivity index (χ4v) is 2.02. The van der Waals surface area contributed by atoms with E-state index < -0.39 is 24.6 Å². The van der Waals surface area contributed by atoms with Gasteiger partial charge in [0.1, 0.15) is 6.54 Å². The SMILES string of the molecule is CCCCN(CC(F)(F)F)C(=O)Cc1ccccc1C(=O)O. The number of carbonyl (C=O) groups is 2. The summed E-state index contributed by atoms with van der Waals surface area (Å²) in [6, 6.07) is 5.81. The lowest BCUT2D eigenvalue weighted by Gasteiger charge is -2.24. The molecular formula is C15H18F3NO3. The molecule has 0 unspecified atom stereocenters. The number of aromatic carboxylic acids is 1. The van der Waals surface area contributed by atoms with E-state index in [4.69, 9.17) is 5.11 Å². The van der Waals surface area contributed by atoms with Crippen LogP contribution in [0.2, 0.25) is 0 Å². The number of alkyl halides is 3. The first-order valence-electron chi connectivity index (χ1n) is 6.90. The molecule has 122 valence electrons. The second-order valence-corrected chi connectivity index (χ2v) is 4.92. The Morgan fingerprint density at radius 2 is 1.86 bits per heavy atom. The van der Waals surface area contributed by atoms with Crippen LogP contribution in [0, 0.1) is 0 Å². The van der Waals surface area contributed by atoms with E-state index in [1.165, 1.54) is 18.2 Å². The van der Waals surface area contributed by atoms with Gasteiger partial charge >= 0.3 is 12.1 Å². The molecule has 1 rings (SSSR count). The Hall–Kier alpha value is -2.05. The van der Waals surface area contributed by atoms with Crippen LogP contribution >= 0.6 is 0 Å². The number of rotatable bonds is 7. The molecule has 4 nitrogen and oxygen atoms in total. The zero-order valence-corrected chi connectivity index (χ0v) is 12.2. The molecule has 1 N–H and O–H groups in total. The topological polar surface area (TPSA) is 57.6 Å². The molecule has 1 amide bonds. The summed E-state index contributed by atoms with van der Waals surface area (Å²) in [6.07, 6.45) is -3.71. The Morgan fingerprint density at radius 1 is 1.23 bits per heavy atom. The molecule has 0 saturated carbocycles. The van der Waals surface area contributed by atoms with Crippen LogP contribution in [0.25, 0.3) is 0 Å². The minimum Gasteiger partial charge on any atom is -0.478 e. The molecule has 0 atom stereocenters. The number of carboxylic acid groups (broad SMARTS) is 1. The van der Waals surface area contributed by atoms with Crippen LogP contribution in [-0.4, -0.2) is 41.1 Å². The fourth-order valence-electron chi connectivity index (χ4n) is 2.02. The highest BCUT2D eigenvalue weighted by Crippen LogP contribution is 2.18. The molecule has 0 aliphatic rings. The lowest BCUT2D eigenvalue weighted by molar-refractivity contribution is -0.160. The second-order valence-electron chi connectivity index (χ2n) is 4.92. The lowest BCUT2D eigenvalue weighted by atomic mass is 10.0. The van der Waals surface area contributed by atoms with Gasteiger partial charge in [-0.1, -0.05) is 31.5 Å². The molecule has 1 aromatic rings. The van der Waals surface area contributed by atoms with Crippen molar-refractivity contribution < 1.29 is 27.9 Å². The van der Waals surface area contributed by atoms with E-state index in [-0.39, 0.29) is 24.1 Å². The van der Waals surface area contributed by atoms with Crippen molar-refractivity contribution in [1.82, 2.24) is 4.90 Å². The highest BCUT2D eigenvalue weighted by atomic mass is 19.4. The lowest BCUT2D eigenvalue weighted by Crippen LogP contribution is -2.40. The number of hydrogen-bond donors (Lipinski definition) is 1. The third kappa shape index (κ3) is 5.75. The second kappa shape index (κ2) is 7.82. The first kappa shape index (κ1) is 18.0. The van der Waals surface area contributed by atoms with E-state index in [0.29, 0.717) is 12.8 Å². The van der Waals surface area contributed by atoms with Crippen molar-refractivity contribution in [1.29, 1.82) is 0 Å². The minimum absolute atomic E-state index is 0.00405. The van der Waals surface area contributed by atoms with Crippen molar-refractivity contribution >= 4 is 11.9 Å². The summed E-state index contributed by atoms with van der Waals surface area (Å²) in [6.45, 7) is 0.501. The molecule has 0 fully saturated rings. The molecule has 0 aromatic heterocycles. The van der Waals surface area contributed by atoms with Gasteiger partial charge in [0.05, 0.1) is 12.0 Å². The standard InChI is InChI=1S/C15H18F3NO3/c1-2-3-8-19(10-15(16,17)18)13(20)9-11-6-4-5-7-12(11)14(21)22/h4-7H,2-3,8-10H2,1H3,(H,21,22). The maximum absolute atomic E-state index is 12.6. The van der Waals surface area contributed by atoms with Crippen molar-refractivity contribution in [2.24, 2.45) is 0 Å². The van der Waals surface area contributed by atoms with Crippen LogP contribution in [0.15, 0.2) is 24.3 Å². The summed E-state index contributed by atoms with van der Waals surface area (Å²) in [4.78, 5) is 23.9. The number of amides is 1. The van der Waals surface area contributed by atoms with Crippen molar-refractivity contribution in [2.45, 2.75) is 32.4 Å². The molecular weight excluding hydrogens is 299 g/mol. The van der Waals surface area contributed by atoms with Crippen LogP contribution in [0.5, 0.6) is 0 Å². The van der Waals surface area contributed by atoms with E-state index in [1.807, 2.05) is 6.92 Å². The highest BCUT2D eigenvalue weighted by Gasteiger charge is 2.32. The van der Waals surface area contributed by atoms with Gasteiger partial charge in [0.2, 0.25) is 5.91 Å². The van der Waals surface area contributed by atoms with E-state index in [9.17, 15) is 22.8 Å². The zero-order chi connectivity index (χ0) is 16.8. The van der Waals surface area contributed by atoms with E-state index in [2.05, 4.69) is 0 Å². The minimum atomic E-state index is -4.48. The molecule has 0 radical (unpaired) electrons. The highest BCUT2D eigenvalue weighted by molar-refractivity contribution is 5.91. The number of carbonyl (C=O) groups excluding carboxylic acids is 1. The van der Waals surface area contributed by atoms with E-state index >= 15 is 0 Å². The van der Waals surface area contributed by atoms with Gasteiger partial charge in [-0.2, -0.15) is 13.2 Å². The smallest absolute Gasteiger partial charge is 0.406 e. The van der Waals surface area contributed by atoms with Gasteiger partial charge in [0, 0.05) is 6.54 Å². The summed E-state index contributed by atoms with van der Waals surface area (Å²) < 4.78 is 37.7. The number of nitrogens with zero attached hydrogens (tertiary/aromatic N) is 1. The quantitative estimate of drug-likeness (QED) is 0.840. The number of halogens is 3. The summed E-state index contributed by atoms with van der Waals surface area (Å²) in [7, 11) is 0. The van der Waals surface area contributed by atoms with Crippen molar-refractivity contribution in [3.8, 4) is 0 Å². The maximum atomic E-state index is 12.6. The van der Waals surface area contributed by atoms with Gasteiger partial charge in [-0.15, -0.1) is 0 Å². The van der Waals surface area contributed by atoms with E-state index in [1.54, 1.807) is 6.07 Å². The Balaban J connectivity index is 2.88. The Kier molecular flexibility index (Phi) is 6.39. The fraction of sp³-hybridized carbons (Fsp3) is 0.467. The first-order valence-corrected chi connectivity index (χ1v) is 6.90. The molecule has 1 aromatic carbocycles. The molecule has 7 heteroatoms. The summed E-state index contributed by atoms with van der Waals surface area (Å²) >= 11 is 0. The van der Waals surface area contributed by atoms with Crippen LogP contribution in [-0.2, 0) is 11.2 Å². The normalized spacial score (nSPS) is 11.3. The molecule has 0 aliphatic carbocycles. The van der Waals surface area contributed by atoms with Crippen molar-refractivity contribution in [3.63, 3.8) is 0 Å². The van der Waals surface area contributed by atoms with Gasteiger partial charge in [-0.05, 0) is 18.1 Å². The molecule has 22 heavy (non-hydrogen) atoms. The Bertz CT molecular complexity index is 529. The van der Waals surface area contributed by atoms with Gasteiger partial charge in [0.15, 0.2) is 0 Å². The monoisotopic (exact) mass is 317 g/mol. The van der Waals surface area contributed by atoms with Gasteiger partial charge in [-0.25, -0.2) is 4.79 Å². The number of benzene rings is 1. The number of hydrogen-bond acceptors (Lipinski definition) is 2. The Morgan fingerprint density at radius 3 is 2.41 bits per heavy atom. The summed E-state index contributed by atoms with van der Waals surface area (Å²) in [5, 5.41) is 9.04. The molecule has 0 aliphatic heterocycles. The number of carboxylic acids is 1. The van der Waals surface area contributed by atoms with Crippen molar-refractivity contribution in [3.05, 3.63) is 35.4 Å². The third-order valence-corrected chi connectivity index (χ3v) is 3.09. The van der Waals surface area contributed by atoms with Gasteiger partial charge in [-0.3, -0.25) is 4.79 Å². The Labute approximate surface area is 126 Å². The molecule has 0 spiro atoms. The maximum Gasteiger partial charge on any atom is 0.406 e. The third-order valence-electron chi connectivity index (χ3n) is 3.09. The summed E-state index contributed by atoms with van der Waals surface area (Å²) in [5.74, 6) is -1.93. The predicted octanol–water partition coefficient (Wildman–Crippen LogP) is 3.12. The largest absolute Gasteiger partial charge is 0.478 e. The number of unbranched alkanes of at least 4 members (excludes halogenated alkanes) is 1. The summed E-state index contributed by atoms with van der Waals surface area (Å²) in [5.41, 5.74) is 0.141. The van der Waals surface area contributed by atoms with Crippen molar-refractivity contribution in [2.75, 3.05) is 13.1 Å². The average Bonchev–Trinajstić information content (AvgIpc) is 2.42. The molecule has 0 saturated heterocycles. The average molecular weight is 317 g/mol. The molecule has 0 heterocycles. The van der Waals surface area contributed by atoms with E-state index in [0.717, 1.165) is 4.90 Å². The van der Waals surface area contributed by atoms with Crippen LogP contribution in [0.4, 0.5) is 13.2 Å².